The molecule has 4 heteroatoms. The van der Waals surface area contributed by atoms with Gasteiger partial charge in [0.05, 0.1) is 6.54 Å². The molecule has 0 radical (unpaired) electrons. The van der Waals surface area contributed by atoms with Crippen molar-refractivity contribution in [2.75, 3.05) is 23.8 Å². The van der Waals surface area contributed by atoms with Gasteiger partial charge in [-0.15, -0.1) is 0 Å². The molecule has 0 atom stereocenters. The van der Waals surface area contributed by atoms with Crippen molar-refractivity contribution in [3.05, 3.63) is 60.2 Å². The molecule has 0 fully saturated rings. The Morgan fingerprint density at radius 2 is 1.76 bits per heavy atom. The molecule has 4 nitrogen and oxygen atoms in total. The van der Waals surface area contributed by atoms with Crippen LogP contribution in [-0.4, -0.2) is 25.3 Å². The van der Waals surface area contributed by atoms with Crippen LogP contribution in [0.25, 0.3) is 0 Å². The normalized spacial score (nSPS) is 10.0. The maximum atomic E-state index is 12.0. The number of hydrogen-bond acceptors (Lipinski definition) is 3. The molecule has 2 aromatic rings. The van der Waals surface area contributed by atoms with Gasteiger partial charge in [0, 0.05) is 24.0 Å². The van der Waals surface area contributed by atoms with E-state index in [0.29, 0.717) is 11.3 Å². The third-order valence-corrected chi connectivity index (χ3v) is 3.13. The molecule has 1 amide bonds. The highest BCUT2D eigenvalue weighted by Gasteiger charge is 2.08. The molecule has 0 heterocycles. The number of benzene rings is 2. The van der Waals surface area contributed by atoms with Crippen LogP contribution in [0.4, 0.5) is 11.4 Å². The van der Waals surface area contributed by atoms with Gasteiger partial charge in [0.1, 0.15) is 0 Å². The van der Waals surface area contributed by atoms with Crippen LogP contribution in [0, 0.1) is 0 Å². The Morgan fingerprint density at radius 3 is 2.43 bits per heavy atom. The highest BCUT2D eigenvalue weighted by molar-refractivity contribution is 5.98. The Labute approximate surface area is 124 Å². The second-order valence-electron chi connectivity index (χ2n) is 4.88. The number of ketones is 1. The monoisotopic (exact) mass is 282 g/mol. The van der Waals surface area contributed by atoms with Crippen LogP contribution in [0.3, 0.4) is 0 Å². The zero-order chi connectivity index (χ0) is 15.2. The van der Waals surface area contributed by atoms with E-state index in [0.717, 1.165) is 5.69 Å². The molecule has 1 N–H and O–H groups in total. The van der Waals surface area contributed by atoms with Gasteiger partial charge < -0.3 is 10.2 Å². The quantitative estimate of drug-likeness (QED) is 0.858. The van der Waals surface area contributed by atoms with E-state index in [2.05, 4.69) is 5.32 Å². The fraction of sp³-hybridized carbons (Fsp3) is 0.176. The molecule has 21 heavy (non-hydrogen) atoms. The van der Waals surface area contributed by atoms with Crippen LogP contribution in [0.1, 0.15) is 17.3 Å². The van der Waals surface area contributed by atoms with Gasteiger partial charge in [-0.3, -0.25) is 9.59 Å². The van der Waals surface area contributed by atoms with E-state index in [1.165, 1.54) is 6.92 Å². The number of likely N-dealkylation sites (N-methyl/N-ethyl adjacent to an activating group) is 1. The molecule has 0 aliphatic heterocycles. The average Bonchev–Trinajstić information content (AvgIpc) is 2.48. The zero-order valence-electron chi connectivity index (χ0n) is 12.2. The van der Waals surface area contributed by atoms with Crippen molar-refractivity contribution in [1.29, 1.82) is 0 Å². The number of nitrogens with zero attached hydrogens (tertiary/aromatic N) is 1. The molecule has 108 valence electrons. The fourth-order valence-corrected chi connectivity index (χ4v) is 2.01. The first-order chi connectivity index (χ1) is 10.1. The molecule has 0 saturated heterocycles. The predicted octanol–water partition coefficient (Wildman–Crippen LogP) is 2.96. The lowest BCUT2D eigenvalue weighted by atomic mass is 10.1. The Morgan fingerprint density at radius 1 is 1.05 bits per heavy atom. The topological polar surface area (TPSA) is 49.4 Å². The number of para-hydroxylation sites is 1. The van der Waals surface area contributed by atoms with Crippen LogP contribution < -0.4 is 10.2 Å². The van der Waals surface area contributed by atoms with Crippen molar-refractivity contribution in [1.82, 2.24) is 0 Å². The molecular formula is C17H18N2O2. The average molecular weight is 282 g/mol. The summed E-state index contributed by atoms with van der Waals surface area (Å²) >= 11 is 0. The molecule has 0 bridgehead atoms. The summed E-state index contributed by atoms with van der Waals surface area (Å²) in [6.07, 6.45) is 0. The summed E-state index contributed by atoms with van der Waals surface area (Å²) in [4.78, 5) is 25.2. The van der Waals surface area contributed by atoms with E-state index in [1.54, 1.807) is 24.3 Å². The fourth-order valence-electron chi connectivity index (χ4n) is 2.01. The highest BCUT2D eigenvalue weighted by atomic mass is 16.2. The first kappa shape index (κ1) is 14.8. The van der Waals surface area contributed by atoms with Crippen LogP contribution in [0.15, 0.2) is 54.6 Å². The summed E-state index contributed by atoms with van der Waals surface area (Å²) in [5.41, 5.74) is 2.20. The van der Waals surface area contributed by atoms with E-state index >= 15 is 0 Å². The molecular weight excluding hydrogens is 264 g/mol. The summed E-state index contributed by atoms with van der Waals surface area (Å²) in [6.45, 7) is 1.75. The van der Waals surface area contributed by atoms with Crippen LogP contribution in [-0.2, 0) is 4.79 Å². The number of Topliss-reactive ketones (excluding diaryl/α,β-unsaturated/α-hetero) is 1. The van der Waals surface area contributed by atoms with Crippen LogP contribution in [0.5, 0.6) is 0 Å². The zero-order valence-corrected chi connectivity index (χ0v) is 12.2. The van der Waals surface area contributed by atoms with Crippen molar-refractivity contribution >= 4 is 23.1 Å². The maximum Gasteiger partial charge on any atom is 0.243 e. The maximum absolute atomic E-state index is 12.0. The van der Waals surface area contributed by atoms with E-state index in [-0.39, 0.29) is 18.2 Å². The van der Waals surface area contributed by atoms with Gasteiger partial charge in [0.15, 0.2) is 5.78 Å². The van der Waals surface area contributed by atoms with E-state index in [4.69, 9.17) is 0 Å². The van der Waals surface area contributed by atoms with Gasteiger partial charge in [-0.2, -0.15) is 0 Å². The number of rotatable bonds is 5. The molecule has 0 aliphatic rings. The first-order valence-electron chi connectivity index (χ1n) is 6.73. The second kappa shape index (κ2) is 6.70. The SMILES string of the molecule is CC(=O)c1cccc(NC(=O)CN(C)c2ccccc2)c1. The van der Waals surface area contributed by atoms with Crippen molar-refractivity contribution in [3.8, 4) is 0 Å². The first-order valence-corrected chi connectivity index (χ1v) is 6.73. The number of carbonyl (C=O) groups is 2. The lowest BCUT2D eigenvalue weighted by Crippen LogP contribution is -2.30. The van der Waals surface area contributed by atoms with Crippen molar-refractivity contribution in [2.45, 2.75) is 6.92 Å². The molecule has 0 aromatic heterocycles. The third-order valence-electron chi connectivity index (χ3n) is 3.13. The minimum Gasteiger partial charge on any atom is -0.365 e. The third kappa shape index (κ3) is 4.18. The number of hydrogen-bond donors (Lipinski definition) is 1. The van der Waals surface area contributed by atoms with Gasteiger partial charge >= 0.3 is 0 Å². The molecule has 0 saturated carbocycles. The Bertz CT molecular complexity index is 638. The molecule has 2 rings (SSSR count). The van der Waals surface area contributed by atoms with Gasteiger partial charge in [-0.05, 0) is 31.2 Å². The minimum atomic E-state index is -0.123. The lowest BCUT2D eigenvalue weighted by Gasteiger charge is -2.18. The van der Waals surface area contributed by atoms with Crippen molar-refractivity contribution < 1.29 is 9.59 Å². The minimum absolute atomic E-state index is 0.0208. The van der Waals surface area contributed by atoms with Gasteiger partial charge in [-0.25, -0.2) is 0 Å². The van der Waals surface area contributed by atoms with Gasteiger partial charge in [-0.1, -0.05) is 30.3 Å². The van der Waals surface area contributed by atoms with E-state index in [9.17, 15) is 9.59 Å². The Balaban J connectivity index is 1.99. The lowest BCUT2D eigenvalue weighted by molar-refractivity contribution is -0.114. The highest BCUT2D eigenvalue weighted by Crippen LogP contribution is 2.13. The van der Waals surface area contributed by atoms with Crippen LogP contribution in [0.2, 0.25) is 0 Å². The van der Waals surface area contributed by atoms with Crippen molar-refractivity contribution in [2.24, 2.45) is 0 Å². The Hall–Kier alpha value is -2.62. The van der Waals surface area contributed by atoms with E-state index < -0.39 is 0 Å². The summed E-state index contributed by atoms with van der Waals surface area (Å²) in [7, 11) is 1.86. The predicted molar refractivity (Wildman–Crippen MR) is 84.8 cm³/mol. The Kier molecular flexibility index (Phi) is 4.72. The second-order valence-corrected chi connectivity index (χ2v) is 4.88. The standard InChI is InChI=1S/C17H18N2O2/c1-13(20)14-7-6-8-15(11-14)18-17(21)12-19(2)16-9-4-3-5-10-16/h3-11H,12H2,1-2H3,(H,18,21). The summed E-state index contributed by atoms with van der Waals surface area (Å²) in [6, 6.07) is 16.6. The van der Waals surface area contributed by atoms with Gasteiger partial charge in [0.25, 0.3) is 0 Å². The van der Waals surface area contributed by atoms with Crippen LogP contribution >= 0.6 is 0 Å². The molecule has 0 aliphatic carbocycles. The molecule has 0 unspecified atom stereocenters. The largest absolute Gasteiger partial charge is 0.365 e. The number of amides is 1. The smallest absolute Gasteiger partial charge is 0.243 e. The molecule has 0 spiro atoms. The summed E-state index contributed by atoms with van der Waals surface area (Å²) in [5.74, 6) is -0.144. The summed E-state index contributed by atoms with van der Waals surface area (Å²) < 4.78 is 0. The summed E-state index contributed by atoms with van der Waals surface area (Å²) in [5, 5.41) is 2.81. The number of anilines is 2. The van der Waals surface area contributed by atoms with Crippen molar-refractivity contribution in [3.63, 3.8) is 0 Å². The number of carbonyl (C=O) groups excluding carboxylic acids is 2. The van der Waals surface area contributed by atoms with E-state index in [1.807, 2.05) is 42.3 Å². The molecule has 2 aromatic carbocycles. The van der Waals surface area contributed by atoms with Gasteiger partial charge in [0.2, 0.25) is 5.91 Å². The number of nitrogens with one attached hydrogen (secondary N) is 1.